The Balaban J connectivity index is 1.24. The van der Waals surface area contributed by atoms with Crippen molar-refractivity contribution in [3.8, 4) is 0 Å². The first-order valence-electron chi connectivity index (χ1n) is 21.0. The predicted octanol–water partition coefficient (Wildman–Crippen LogP) is 12.4. The first-order valence-corrected chi connectivity index (χ1v) is 21.0. The van der Waals surface area contributed by atoms with E-state index in [9.17, 15) is 0 Å². The molecule has 0 saturated heterocycles. The number of fused-ring (bicyclic) bond motifs is 4. The van der Waals surface area contributed by atoms with Gasteiger partial charge in [0.25, 0.3) is 6.71 Å². The van der Waals surface area contributed by atoms with Crippen LogP contribution in [0.4, 0.5) is 34.1 Å². The smallest absolute Gasteiger partial charge is 0.252 e. The van der Waals surface area contributed by atoms with Gasteiger partial charge in [0.15, 0.2) is 0 Å². The number of para-hydroxylation sites is 1. The summed E-state index contributed by atoms with van der Waals surface area (Å²) in [6.07, 6.45) is 0. The van der Waals surface area contributed by atoms with Gasteiger partial charge in [-0.25, -0.2) is 0 Å². The van der Waals surface area contributed by atoms with Crippen molar-refractivity contribution in [2.45, 2.75) is 52.4 Å². The van der Waals surface area contributed by atoms with Crippen molar-refractivity contribution >= 4 is 57.2 Å². The third-order valence-corrected chi connectivity index (χ3v) is 12.6. The van der Waals surface area contributed by atoms with Crippen molar-refractivity contribution in [1.29, 1.82) is 0 Å². The van der Waals surface area contributed by atoms with Crippen LogP contribution >= 0.6 is 0 Å². The van der Waals surface area contributed by atoms with Gasteiger partial charge in [-0.3, -0.25) is 0 Å². The molecule has 0 fully saturated rings. The van der Waals surface area contributed by atoms with Crippen LogP contribution in [0.3, 0.4) is 0 Å². The van der Waals surface area contributed by atoms with Crippen LogP contribution in [0.5, 0.6) is 0 Å². The number of hydrogen-bond acceptors (Lipinski definition) is 2. The van der Waals surface area contributed by atoms with Crippen molar-refractivity contribution < 1.29 is 0 Å². The maximum absolute atomic E-state index is 2.55. The largest absolute Gasteiger partial charge is 0.311 e. The van der Waals surface area contributed by atoms with Gasteiger partial charge in [-0.05, 0) is 136 Å². The lowest BCUT2D eigenvalue weighted by Gasteiger charge is -2.45. The average molecular weight is 761 g/mol. The summed E-state index contributed by atoms with van der Waals surface area (Å²) in [5, 5.41) is 0. The van der Waals surface area contributed by atoms with Gasteiger partial charge < -0.3 is 9.80 Å². The molecule has 286 valence electrons. The molecule has 8 aromatic carbocycles. The SMILES string of the molecule is Cc1cc(C)cc(N2c3cc(C)ccc3B3c4ccccc4N(c4ccc(C(c5ccccc5)(c5ccccc5)c5ccccc5)cc4)c4cc(C(C)(C)C)cc2c43)c1. The fourth-order valence-corrected chi connectivity index (χ4v) is 10.0. The van der Waals surface area contributed by atoms with E-state index >= 15 is 0 Å². The predicted molar refractivity (Wildman–Crippen MR) is 252 cm³/mol. The summed E-state index contributed by atoms with van der Waals surface area (Å²) in [6.45, 7) is 13.7. The Morgan fingerprint density at radius 2 is 0.831 bits per heavy atom. The van der Waals surface area contributed by atoms with Gasteiger partial charge in [-0.15, -0.1) is 0 Å². The van der Waals surface area contributed by atoms with E-state index in [0.717, 1.165) is 5.69 Å². The standard InChI is InChI=1S/C56H49BN2/c1-38-26-31-49-51(35-38)59(47-33-39(2)32-40(3)34-47)53-37-45(55(4,5)6)36-52-54(53)57(49)48-24-16-17-25-50(48)58(52)46-29-27-44(28-30-46)56(41-18-10-7-11-19-41,42-20-12-8-13-21-42)43-22-14-9-15-23-43/h7-37H,1-6H3. The van der Waals surface area contributed by atoms with E-state index in [1.807, 2.05) is 0 Å². The number of aryl methyl sites for hydroxylation is 3. The van der Waals surface area contributed by atoms with E-state index in [-0.39, 0.29) is 12.1 Å². The van der Waals surface area contributed by atoms with E-state index in [1.165, 1.54) is 89.3 Å². The van der Waals surface area contributed by atoms with Gasteiger partial charge in [0.1, 0.15) is 0 Å². The maximum Gasteiger partial charge on any atom is 0.252 e. The van der Waals surface area contributed by atoms with Crippen molar-refractivity contribution in [3.63, 3.8) is 0 Å². The van der Waals surface area contributed by atoms with Crippen LogP contribution in [0.2, 0.25) is 0 Å². The molecule has 0 radical (unpaired) electrons. The number of benzene rings is 8. The van der Waals surface area contributed by atoms with Gasteiger partial charge in [0, 0.05) is 34.1 Å². The highest BCUT2D eigenvalue weighted by atomic mass is 15.2. The molecule has 0 spiro atoms. The summed E-state index contributed by atoms with van der Waals surface area (Å²) in [5.74, 6) is 0. The first-order chi connectivity index (χ1) is 28.6. The quantitative estimate of drug-likeness (QED) is 0.123. The lowest BCUT2D eigenvalue weighted by Crippen LogP contribution is -2.61. The van der Waals surface area contributed by atoms with Crippen LogP contribution in [0, 0.1) is 20.8 Å². The monoisotopic (exact) mass is 760 g/mol. The number of anilines is 6. The molecule has 10 rings (SSSR count). The van der Waals surface area contributed by atoms with Gasteiger partial charge in [-0.1, -0.05) is 160 Å². The van der Waals surface area contributed by atoms with E-state index in [1.54, 1.807) is 0 Å². The summed E-state index contributed by atoms with van der Waals surface area (Å²) < 4.78 is 0. The summed E-state index contributed by atoms with van der Waals surface area (Å²) in [5.41, 5.74) is 20.8. The summed E-state index contributed by atoms with van der Waals surface area (Å²) in [7, 11) is 0. The third-order valence-electron chi connectivity index (χ3n) is 12.6. The summed E-state index contributed by atoms with van der Waals surface area (Å²) in [4.78, 5) is 5.09. The Kier molecular flexibility index (Phi) is 8.76. The van der Waals surface area contributed by atoms with Gasteiger partial charge in [0.05, 0.1) is 5.41 Å². The van der Waals surface area contributed by atoms with E-state index in [0.29, 0.717) is 0 Å². The summed E-state index contributed by atoms with van der Waals surface area (Å²) in [6, 6.07) is 70.5. The van der Waals surface area contributed by atoms with Crippen LogP contribution < -0.4 is 26.2 Å². The average Bonchev–Trinajstić information content (AvgIpc) is 3.24. The number of rotatable bonds is 6. The molecule has 0 aromatic heterocycles. The van der Waals surface area contributed by atoms with E-state index < -0.39 is 5.41 Å². The van der Waals surface area contributed by atoms with Gasteiger partial charge >= 0.3 is 0 Å². The highest BCUT2D eigenvalue weighted by Crippen LogP contribution is 2.49. The molecular formula is C56H49BN2. The zero-order chi connectivity index (χ0) is 40.5. The normalized spacial score (nSPS) is 13.2. The number of hydrogen-bond donors (Lipinski definition) is 0. The molecule has 2 heterocycles. The minimum absolute atomic E-state index is 0.0837. The molecule has 2 nitrogen and oxygen atoms in total. The topological polar surface area (TPSA) is 6.48 Å². The fourth-order valence-electron chi connectivity index (χ4n) is 10.0. The molecule has 0 saturated carbocycles. The Hall–Kier alpha value is -6.58. The molecule has 0 bridgehead atoms. The maximum atomic E-state index is 2.55. The minimum Gasteiger partial charge on any atom is -0.311 e. The Morgan fingerprint density at radius 3 is 1.37 bits per heavy atom. The van der Waals surface area contributed by atoms with Crippen LogP contribution in [-0.4, -0.2) is 6.71 Å². The van der Waals surface area contributed by atoms with Crippen LogP contribution in [0.15, 0.2) is 188 Å². The van der Waals surface area contributed by atoms with Crippen LogP contribution in [-0.2, 0) is 10.8 Å². The molecule has 59 heavy (non-hydrogen) atoms. The fraction of sp³-hybridized carbons (Fsp3) is 0.143. The van der Waals surface area contributed by atoms with Crippen molar-refractivity contribution in [2.24, 2.45) is 0 Å². The van der Waals surface area contributed by atoms with E-state index in [2.05, 4.69) is 239 Å². The van der Waals surface area contributed by atoms with Crippen molar-refractivity contribution in [2.75, 3.05) is 9.80 Å². The highest BCUT2D eigenvalue weighted by molar-refractivity contribution is 7.00. The molecular weight excluding hydrogens is 711 g/mol. The zero-order valence-corrected chi connectivity index (χ0v) is 34.9. The van der Waals surface area contributed by atoms with E-state index in [4.69, 9.17) is 0 Å². The van der Waals surface area contributed by atoms with Crippen molar-refractivity contribution in [3.05, 3.63) is 233 Å². The van der Waals surface area contributed by atoms with Gasteiger partial charge in [-0.2, -0.15) is 0 Å². The minimum atomic E-state index is -0.521. The second kappa shape index (κ2) is 14.1. The molecule has 8 aromatic rings. The highest BCUT2D eigenvalue weighted by Gasteiger charge is 2.44. The first kappa shape index (κ1) is 36.7. The molecule has 3 heteroatoms. The lowest BCUT2D eigenvalue weighted by molar-refractivity contribution is 0.590. The Labute approximate surface area is 350 Å². The molecule has 0 atom stereocenters. The molecule has 2 aliphatic heterocycles. The number of nitrogens with zero attached hydrogens (tertiary/aromatic N) is 2. The van der Waals surface area contributed by atoms with Crippen LogP contribution in [0.25, 0.3) is 0 Å². The van der Waals surface area contributed by atoms with Crippen molar-refractivity contribution in [1.82, 2.24) is 0 Å². The third kappa shape index (κ3) is 5.94. The molecule has 2 aliphatic rings. The summed E-state index contributed by atoms with van der Waals surface area (Å²) >= 11 is 0. The Bertz CT molecular complexity index is 2720. The zero-order valence-electron chi connectivity index (χ0n) is 34.9. The molecule has 0 aliphatic carbocycles. The van der Waals surface area contributed by atoms with Gasteiger partial charge in [0.2, 0.25) is 0 Å². The second-order valence-corrected chi connectivity index (χ2v) is 17.6. The van der Waals surface area contributed by atoms with Crippen LogP contribution in [0.1, 0.15) is 65.3 Å². The molecule has 0 amide bonds. The second-order valence-electron chi connectivity index (χ2n) is 17.6. The molecule has 0 N–H and O–H groups in total. The lowest BCUT2D eigenvalue weighted by atomic mass is 9.33. The molecule has 0 unspecified atom stereocenters. The Morgan fingerprint density at radius 1 is 0.356 bits per heavy atom.